The Morgan fingerprint density at radius 2 is 2.14 bits per heavy atom. The SMILES string of the molecule is CC(C)N=C(N)N1CCCC1C(N)=O. The average Bonchev–Trinajstić information content (AvgIpc) is 2.49. The van der Waals surface area contributed by atoms with Gasteiger partial charge in [0.25, 0.3) is 0 Å². The second-order valence-corrected chi connectivity index (χ2v) is 3.83. The zero-order valence-corrected chi connectivity index (χ0v) is 8.73. The van der Waals surface area contributed by atoms with Crippen molar-refractivity contribution in [3.63, 3.8) is 0 Å². The van der Waals surface area contributed by atoms with Crippen LogP contribution in [0.1, 0.15) is 26.7 Å². The zero-order chi connectivity index (χ0) is 10.7. The van der Waals surface area contributed by atoms with E-state index in [2.05, 4.69) is 4.99 Å². The van der Waals surface area contributed by atoms with Gasteiger partial charge in [-0.1, -0.05) is 0 Å². The highest BCUT2D eigenvalue weighted by molar-refractivity contribution is 5.88. The van der Waals surface area contributed by atoms with E-state index in [0.717, 1.165) is 19.4 Å². The van der Waals surface area contributed by atoms with Gasteiger partial charge in [-0.25, -0.2) is 0 Å². The summed E-state index contributed by atoms with van der Waals surface area (Å²) in [4.78, 5) is 17.1. The predicted molar refractivity (Wildman–Crippen MR) is 55.7 cm³/mol. The Hall–Kier alpha value is -1.26. The maximum absolute atomic E-state index is 11.1. The molecule has 1 aliphatic heterocycles. The fourth-order valence-corrected chi connectivity index (χ4v) is 1.68. The summed E-state index contributed by atoms with van der Waals surface area (Å²) in [7, 11) is 0. The van der Waals surface area contributed by atoms with Gasteiger partial charge < -0.3 is 16.4 Å². The third kappa shape index (κ3) is 2.37. The normalized spacial score (nSPS) is 23.2. The van der Waals surface area contributed by atoms with Crippen LogP contribution in [0.3, 0.4) is 0 Å². The Morgan fingerprint density at radius 3 is 2.64 bits per heavy atom. The van der Waals surface area contributed by atoms with E-state index in [1.165, 1.54) is 0 Å². The molecule has 14 heavy (non-hydrogen) atoms. The molecule has 1 rings (SSSR count). The van der Waals surface area contributed by atoms with Crippen LogP contribution in [0.2, 0.25) is 0 Å². The van der Waals surface area contributed by atoms with Gasteiger partial charge >= 0.3 is 0 Å². The van der Waals surface area contributed by atoms with Gasteiger partial charge in [0.15, 0.2) is 5.96 Å². The van der Waals surface area contributed by atoms with Crippen molar-refractivity contribution in [2.75, 3.05) is 6.54 Å². The minimum absolute atomic E-state index is 0.143. The summed E-state index contributed by atoms with van der Waals surface area (Å²) >= 11 is 0. The molecule has 1 fully saturated rings. The van der Waals surface area contributed by atoms with E-state index in [1.54, 1.807) is 4.90 Å². The van der Waals surface area contributed by atoms with Crippen LogP contribution in [0.15, 0.2) is 4.99 Å². The molecule has 1 aliphatic rings. The highest BCUT2D eigenvalue weighted by Gasteiger charge is 2.30. The molecule has 1 atom stereocenters. The third-order valence-electron chi connectivity index (χ3n) is 2.27. The summed E-state index contributed by atoms with van der Waals surface area (Å²) in [5.74, 6) is 0.116. The first kappa shape index (κ1) is 10.8. The van der Waals surface area contributed by atoms with E-state index < -0.39 is 0 Å². The summed E-state index contributed by atoms with van der Waals surface area (Å²) in [6, 6.07) is -0.123. The van der Waals surface area contributed by atoms with Gasteiger partial charge in [0.05, 0.1) is 0 Å². The molecule has 5 nitrogen and oxygen atoms in total. The number of carbonyl (C=O) groups is 1. The van der Waals surface area contributed by atoms with Gasteiger partial charge in [-0.2, -0.15) is 0 Å². The maximum Gasteiger partial charge on any atom is 0.240 e. The zero-order valence-electron chi connectivity index (χ0n) is 8.73. The lowest BCUT2D eigenvalue weighted by Gasteiger charge is -2.23. The third-order valence-corrected chi connectivity index (χ3v) is 2.27. The molecule has 4 N–H and O–H groups in total. The molecule has 1 heterocycles. The fourth-order valence-electron chi connectivity index (χ4n) is 1.68. The predicted octanol–water partition coefficient (Wildman–Crippen LogP) is -0.341. The molecule has 0 aliphatic carbocycles. The van der Waals surface area contributed by atoms with E-state index >= 15 is 0 Å². The van der Waals surface area contributed by atoms with Gasteiger partial charge in [-0.3, -0.25) is 9.79 Å². The number of nitrogens with zero attached hydrogens (tertiary/aromatic N) is 2. The smallest absolute Gasteiger partial charge is 0.240 e. The van der Waals surface area contributed by atoms with Gasteiger partial charge in [-0.15, -0.1) is 0 Å². The molecule has 0 radical (unpaired) electrons. The summed E-state index contributed by atoms with van der Waals surface area (Å²) in [6.45, 7) is 4.67. The molecule has 0 aromatic heterocycles. The quantitative estimate of drug-likeness (QED) is 0.470. The summed E-state index contributed by atoms with van der Waals surface area (Å²) in [6.07, 6.45) is 1.73. The number of hydrogen-bond acceptors (Lipinski definition) is 2. The first-order chi connectivity index (χ1) is 6.52. The minimum Gasteiger partial charge on any atom is -0.370 e. The number of amides is 1. The molecule has 1 amide bonds. The molecule has 1 saturated heterocycles. The van der Waals surface area contributed by atoms with E-state index in [4.69, 9.17) is 11.5 Å². The highest BCUT2D eigenvalue weighted by atomic mass is 16.1. The largest absolute Gasteiger partial charge is 0.370 e. The Labute approximate surface area is 84.1 Å². The van der Waals surface area contributed by atoms with Crippen LogP contribution in [0.4, 0.5) is 0 Å². The Morgan fingerprint density at radius 1 is 1.50 bits per heavy atom. The molecule has 0 bridgehead atoms. The minimum atomic E-state index is -0.315. The number of primary amides is 1. The van der Waals surface area contributed by atoms with Gasteiger partial charge in [0, 0.05) is 12.6 Å². The summed E-state index contributed by atoms with van der Waals surface area (Å²) in [5.41, 5.74) is 11.0. The lowest BCUT2D eigenvalue weighted by molar-refractivity contribution is -0.121. The van der Waals surface area contributed by atoms with Crippen molar-refractivity contribution in [3.8, 4) is 0 Å². The fraction of sp³-hybridized carbons (Fsp3) is 0.778. The molecule has 1 unspecified atom stereocenters. The number of aliphatic imine (C=N–C) groups is 1. The van der Waals surface area contributed by atoms with Gasteiger partial charge in [-0.05, 0) is 26.7 Å². The van der Waals surface area contributed by atoms with E-state index in [0.29, 0.717) is 5.96 Å². The average molecular weight is 198 g/mol. The van der Waals surface area contributed by atoms with Crippen molar-refractivity contribution >= 4 is 11.9 Å². The van der Waals surface area contributed by atoms with Crippen molar-refractivity contribution < 1.29 is 4.79 Å². The Bertz CT molecular complexity index is 249. The highest BCUT2D eigenvalue weighted by Crippen LogP contribution is 2.16. The van der Waals surface area contributed by atoms with Gasteiger partial charge in [0.2, 0.25) is 5.91 Å². The van der Waals surface area contributed by atoms with Crippen molar-refractivity contribution in [1.29, 1.82) is 0 Å². The second-order valence-electron chi connectivity index (χ2n) is 3.83. The standard InChI is InChI=1S/C9H18N4O/c1-6(2)12-9(11)13-5-3-4-7(13)8(10)14/h6-7H,3-5H2,1-2H3,(H2,10,14)(H2,11,12). The summed E-state index contributed by atoms with van der Waals surface area (Å²) < 4.78 is 0. The van der Waals surface area contributed by atoms with Gasteiger partial charge in [0.1, 0.15) is 6.04 Å². The van der Waals surface area contributed by atoms with Crippen molar-refractivity contribution in [2.45, 2.75) is 38.8 Å². The summed E-state index contributed by atoms with van der Waals surface area (Å²) in [5, 5.41) is 0. The molecule has 0 aromatic carbocycles. The first-order valence-electron chi connectivity index (χ1n) is 4.91. The monoisotopic (exact) mass is 198 g/mol. The topological polar surface area (TPSA) is 84.7 Å². The van der Waals surface area contributed by atoms with Crippen LogP contribution >= 0.6 is 0 Å². The molecular weight excluding hydrogens is 180 g/mol. The van der Waals surface area contributed by atoms with E-state index in [1.807, 2.05) is 13.8 Å². The second kappa shape index (κ2) is 4.30. The first-order valence-corrected chi connectivity index (χ1v) is 4.91. The Kier molecular flexibility index (Phi) is 3.33. The number of guanidine groups is 1. The number of likely N-dealkylation sites (tertiary alicyclic amines) is 1. The van der Waals surface area contributed by atoms with Crippen LogP contribution in [-0.2, 0) is 4.79 Å². The van der Waals surface area contributed by atoms with Crippen LogP contribution in [-0.4, -0.2) is 35.4 Å². The van der Waals surface area contributed by atoms with Crippen LogP contribution < -0.4 is 11.5 Å². The van der Waals surface area contributed by atoms with Crippen molar-refractivity contribution in [3.05, 3.63) is 0 Å². The number of carbonyl (C=O) groups excluding carboxylic acids is 1. The van der Waals surface area contributed by atoms with Crippen molar-refractivity contribution in [1.82, 2.24) is 4.90 Å². The van der Waals surface area contributed by atoms with Crippen molar-refractivity contribution in [2.24, 2.45) is 16.5 Å². The van der Waals surface area contributed by atoms with Crippen LogP contribution in [0.25, 0.3) is 0 Å². The molecule has 80 valence electrons. The Balaban J connectivity index is 2.71. The molecular formula is C9H18N4O. The number of hydrogen-bond donors (Lipinski definition) is 2. The number of nitrogens with two attached hydrogens (primary N) is 2. The molecule has 0 aromatic rings. The van der Waals surface area contributed by atoms with Crippen LogP contribution in [0, 0.1) is 0 Å². The van der Waals surface area contributed by atoms with Crippen LogP contribution in [0.5, 0.6) is 0 Å². The number of rotatable bonds is 2. The molecule has 0 saturated carbocycles. The van der Waals surface area contributed by atoms with E-state index in [-0.39, 0.29) is 18.0 Å². The maximum atomic E-state index is 11.1. The molecule has 0 spiro atoms. The lowest BCUT2D eigenvalue weighted by atomic mass is 10.2. The van der Waals surface area contributed by atoms with E-state index in [9.17, 15) is 4.79 Å². The lowest BCUT2D eigenvalue weighted by Crippen LogP contribution is -2.47. The molecule has 5 heteroatoms.